The zero-order valence-corrected chi connectivity index (χ0v) is 8.87. The average Bonchev–Trinajstić information content (AvgIpc) is 3.02. The first-order chi connectivity index (χ1) is 6.79. The Labute approximate surface area is 86.3 Å². The summed E-state index contributed by atoms with van der Waals surface area (Å²) >= 11 is 0. The number of nitrogens with two attached hydrogens (primary N) is 1. The van der Waals surface area contributed by atoms with E-state index in [-0.39, 0.29) is 0 Å². The summed E-state index contributed by atoms with van der Waals surface area (Å²) in [5.74, 6) is 0.865. The molecule has 1 aliphatic rings. The predicted octanol–water partition coefficient (Wildman–Crippen LogP) is 2.84. The summed E-state index contributed by atoms with van der Waals surface area (Å²) in [4.78, 5) is 0. The summed E-state index contributed by atoms with van der Waals surface area (Å²) < 4.78 is 0. The largest absolute Gasteiger partial charge is 0.327 e. The highest BCUT2D eigenvalue weighted by atomic mass is 14.6. The van der Waals surface area contributed by atoms with Gasteiger partial charge < -0.3 is 5.73 Å². The normalized spacial score (nSPS) is 18.1. The minimum atomic E-state index is 0.321. The van der Waals surface area contributed by atoms with Gasteiger partial charge in [0.1, 0.15) is 0 Å². The monoisotopic (exact) mass is 189 g/mol. The van der Waals surface area contributed by atoms with Crippen LogP contribution in [-0.2, 0) is 6.42 Å². The molecule has 1 aliphatic carbocycles. The van der Waals surface area contributed by atoms with Crippen LogP contribution in [0.2, 0.25) is 0 Å². The van der Waals surface area contributed by atoms with Gasteiger partial charge in [0, 0.05) is 6.04 Å². The van der Waals surface area contributed by atoms with Gasteiger partial charge in [-0.05, 0) is 42.7 Å². The molecule has 1 unspecified atom stereocenters. The van der Waals surface area contributed by atoms with Crippen LogP contribution in [-0.4, -0.2) is 6.04 Å². The maximum absolute atomic E-state index is 5.92. The summed E-state index contributed by atoms with van der Waals surface area (Å²) in [5.41, 5.74) is 8.81. The molecule has 1 nitrogen and oxygen atoms in total. The molecule has 2 rings (SSSR count). The van der Waals surface area contributed by atoms with Crippen LogP contribution in [0.5, 0.6) is 0 Å². The van der Waals surface area contributed by atoms with Gasteiger partial charge in [0.25, 0.3) is 0 Å². The van der Waals surface area contributed by atoms with E-state index in [0.29, 0.717) is 6.04 Å². The minimum absolute atomic E-state index is 0.321. The van der Waals surface area contributed by atoms with Gasteiger partial charge in [-0.2, -0.15) is 0 Å². The zero-order chi connectivity index (χ0) is 9.97. The van der Waals surface area contributed by atoms with Crippen molar-refractivity contribution in [2.24, 2.45) is 5.73 Å². The van der Waals surface area contributed by atoms with Crippen molar-refractivity contribution in [2.45, 2.75) is 44.6 Å². The average molecular weight is 189 g/mol. The maximum atomic E-state index is 5.92. The van der Waals surface area contributed by atoms with Gasteiger partial charge in [-0.3, -0.25) is 0 Å². The third-order valence-corrected chi connectivity index (χ3v) is 3.05. The lowest BCUT2D eigenvalue weighted by molar-refractivity contribution is 0.646. The molecule has 1 atom stereocenters. The second-order valence-electron chi connectivity index (χ2n) is 4.39. The van der Waals surface area contributed by atoms with Crippen molar-refractivity contribution in [3.05, 3.63) is 35.4 Å². The number of benzene rings is 1. The van der Waals surface area contributed by atoms with Crippen LogP contribution in [0.3, 0.4) is 0 Å². The van der Waals surface area contributed by atoms with Crippen molar-refractivity contribution in [1.82, 2.24) is 0 Å². The smallest absolute Gasteiger partial charge is 0.00766 e. The van der Waals surface area contributed by atoms with Crippen LogP contribution in [0.4, 0.5) is 0 Å². The fourth-order valence-electron chi connectivity index (χ4n) is 1.79. The number of hydrogen-bond donors (Lipinski definition) is 1. The van der Waals surface area contributed by atoms with E-state index in [1.165, 1.54) is 24.0 Å². The van der Waals surface area contributed by atoms with E-state index in [4.69, 9.17) is 5.73 Å². The Morgan fingerprint density at radius 1 is 1.29 bits per heavy atom. The highest BCUT2D eigenvalue weighted by molar-refractivity contribution is 5.28. The Kier molecular flexibility index (Phi) is 2.87. The van der Waals surface area contributed by atoms with Gasteiger partial charge in [0.2, 0.25) is 0 Å². The Balaban J connectivity index is 1.98. The van der Waals surface area contributed by atoms with E-state index in [0.717, 1.165) is 18.8 Å². The molecule has 1 heteroatoms. The zero-order valence-electron chi connectivity index (χ0n) is 8.87. The molecule has 1 fully saturated rings. The molecular weight excluding hydrogens is 170 g/mol. The quantitative estimate of drug-likeness (QED) is 0.774. The highest BCUT2D eigenvalue weighted by Gasteiger charge is 2.22. The van der Waals surface area contributed by atoms with Gasteiger partial charge in [0.15, 0.2) is 0 Å². The minimum Gasteiger partial charge on any atom is -0.327 e. The summed E-state index contributed by atoms with van der Waals surface area (Å²) in [6, 6.07) is 9.35. The van der Waals surface area contributed by atoms with Crippen LogP contribution >= 0.6 is 0 Å². The Morgan fingerprint density at radius 2 is 1.93 bits per heavy atom. The lowest BCUT2D eigenvalue weighted by Gasteiger charge is -2.08. The highest BCUT2D eigenvalue weighted by Crippen LogP contribution is 2.39. The van der Waals surface area contributed by atoms with E-state index in [9.17, 15) is 0 Å². The molecule has 76 valence electrons. The molecule has 0 spiro atoms. The van der Waals surface area contributed by atoms with E-state index in [2.05, 4.69) is 31.2 Å². The number of rotatable bonds is 4. The van der Waals surface area contributed by atoms with Gasteiger partial charge in [-0.15, -0.1) is 0 Å². The molecule has 1 saturated carbocycles. The van der Waals surface area contributed by atoms with E-state index < -0.39 is 0 Å². The van der Waals surface area contributed by atoms with E-state index in [1.54, 1.807) is 0 Å². The lowest BCUT2D eigenvalue weighted by Crippen LogP contribution is -2.21. The molecule has 1 aromatic carbocycles. The fourth-order valence-corrected chi connectivity index (χ4v) is 1.79. The van der Waals surface area contributed by atoms with Crippen LogP contribution in [0, 0.1) is 0 Å². The summed E-state index contributed by atoms with van der Waals surface area (Å²) in [6.07, 6.45) is 4.84. The fraction of sp³-hybridized carbons (Fsp3) is 0.538. The number of hydrogen-bond acceptors (Lipinski definition) is 1. The molecular formula is C13H19N. The van der Waals surface area contributed by atoms with Gasteiger partial charge in [-0.1, -0.05) is 31.2 Å². The van der Waals surface area contributed by atoms with Crippen LogP contribution in [0.1, 0.15) is 43.2 Å². The first-order valence-electron chi connectivity index (χ1n) is 5.64. The van der Waals surface area contributed by atoms with Crippen molar-refractivity contribution in [1.29, 1.82) is 0 Å². The standard InChI is InChI=1S/C13H19N/c1-2-13(14)9-10-3-5-11(6-4-10)12-7-8-12/h3-6,12-13H,2,7-9,14H2,1H3. The molecule has 0 aromatic heterocycles. The first kappa shape index (κ1) is 9.72. The molecule has 0 saturated heterocycles. The van der Waals surface area contributed by atoms with Crippen LogP contribution in [0.25, 0.3) is 0 Å². The van der Waals surface area contributed by atoms with E-state index in [1.807, 2.05) is 0 Å². The third-order valence-electron chi connectivity index (χ3n) is 3.05. The van der Waals surface area contributed by atoms with Crippen molar-refractivity contribution >= 4 is 0 Å². The van der Waals surface area contributed by atoms with Crippen LogP contribution < -0.4 is 5.73 Å². The summed E-state index contributed by atoms with van der Waals surface area (Å²) in [7, 11) is 0. The molecule has 0 aliphatic heterocycles. The van der Waals surface area contributed by atoms with Crippen molar-refractivity contribution in [3.8, 4) is 0 Å². The van der Waals surface area contributed by atoms with Gasteiger partial charge in [0.05, 0.1) is 0 Å². The Bertz CT molecular complexity index is 285. The molecule has 2 N–H and O–H groups in total. The maximum Gasteiger partial charge on any atom is 0.00766 e. The Morgan fingerprint density at radius 3 is 2.43 bits per heavy atom. The molecule has 0 amide bonds. The van der Waals surface area contributed by atoms with Crippen molar-refractivity contribution in [3.63, 3.8) is 0 Å². The molecule has 0 heterocycles. The predicted molar refractivity (Wildman–Crippen MR) is 60.4 cm³/mol. The first-order valence-corrected chi connectivity index (χ1v) is 5.64. The Hall–Kier alpha value is -0.820. The summed E-state index contributed by atoms with van der Waals surface area (Å²) in [6.45, 7) is 2.14. The molecule has 14 heavy (non-hydrogen) atoms. The topological polar surface area (TPSA) is 26.0 Å². The molecule has 1 aromatic rings. The van der Waals surface area contributed by atoms with Crippen LogP contribution in [0.15, 0.2) is 24.3 Å². The van der Waals surface area contributed by atoms with Crippen molar-refractivity contribution in [2.75, 3.05) is 0 Å². The van der Waals surface area contributed by atoms with E-state index >= 15 is 0 Å². The van der Waals surface area contributed by atoms with Crippen molar-refractivity contribution < 1.29 is 0 Å². The van der Waals surface area contributed by atoms with Gasteiger partial charge >= 0.3 is 0 Å². The lowest BCUT2D eigenvalue weighted by atomic mass is 10.0. The van der Waals surface area contributed by atoms with Gasteiger partial charge in [-0.25, -0.2) is 0 Å². The SMILES string of the molecule is CCC(N)Cc1ccc(C2CC2)cc1. The molecule has 0 radical (unpaired) electrons. The molecule has 0 bridgehead atoms. The second-order valence-corrected chi connectivity index (χ2v) is 4.39. The summed E-state index contributed by atoms with van der Waals surface area (Å²) in [5, 5.41) is 0. The second kappa shape index (κ2) is 4.14. The third kappa shape index (κ3) is 2.36.